The molecule has 0 saturated carbocycles. The van der Waals surface area contributed by atoms with Crippen molar-refractivity contribution in [2.45, 2.75) is 13.3 Å². The SMILES string of the molecule is Cc1nc(-c2cncc(Cc3ccccc3)n2)sc1C(=O)O. The lowest BCUT2D eigenvalue weighted by atomic mass is 10.1. The van der Waals surface area contributed by atoms with Crippen LogP contribution in [0.25, 0.3) is 10.7 Å². The maximum absolute atomic E-state index is 11.1. The summed E-state index contributed by atoms with van der Waals surface area (Å²) in [5.74, 6) is -0.963. The Morgan fingerprint density at radius 3 is 2.64 bits per heavy atom. The molecule has 0 fully saturated rings. The van der Waals surface area contributed by atoms with Gasteiger partial charge in [-0.2, -0.15) is 0 Å². The number of nitrogens with zero attached hydrogens (tertiary/aromatic N) is 3. The molecule has 0 saturated heterocycles. The van der Waals surface area contributed by atoms with Crippen LogP contribution < -0.4 is 0 Å². The van der Waals surface area contributed by atoms with Crippen molar-refractivity contribution in [3.8, 4) is 10.7 Å². The Labute approximate surface area is 131 Å². The summed E-state index contributed by atoms with van der Waals surface area (Å²) in [6.07, 6.45) is 4.01. The van der Waals surface area contributed by atoms with E-state index in [1.165, 1.54) is 0 Å². The van der Waals surface area contributed by atoms with Crippen molar-refractivity contribution in [1.82, 2.24) is 15.0 Å². The van der Waals surface area contributed by atoms with E-state index >= 15 is 0 Å². The number of thiazole rings is 1. The zero-order valence-electron chi connectivity index (χ0n) is 11.9. The number of hydrogen-bond acceptors (Lipinski definition) is 5. The Kier molecular flexibility index (Phi) is 3.93. The fourth-order valence-corrected chi connectivity index (χ4v) is 2.96. The molecule has 0 atom stereocenters. The molecule has 0 bridgehead atoms. The van der Waals surface area contributed by atoms with E-state index in [9.17, 15) is 4.79 Å². The van der Waals surface area contributed by atoms with Gasteiger partial charge in [-0.25, -0.2) is 14.8 Å². The van der Waals surface area contributed by atoms with Gasteiger partial charge >= 0.3 is 5.97 Å². The van der Waals surface area contributed by atoms with Gasteiger partial charge in [0, 0.05) is 12.6 Å². The molecular formula is C16H13N3O2S. The highest BCUT2D eigenvalue weighted by molar-refractivity contribution is 7.16. The van der Waals surface area contributed by atoms with Gasteiger partial charge in [0.25, 0.3) is 0 Å². The van der Waals surface area contributed by atoms with Crippen LogP contribution >= 0.6 is 11.3 Å². The molecule has 2 aromatic heterocycles. The van der Waals surface area contributed by atoms with Gasteiger partial charge in [0.1, 0.15) is 15.6 Å². The van der Waals surface area contributed by atoms with Crippen molar-refractivity contribution in [2.24, 2.45) is 0 Å². The highest BCUT2D eigenvalue weighted by atomic mass is 32.1. The van der Waals surface area contributed by atoms with Crippen LogP contribution in [0.1, 0.15) is 26.6 Å². The van der Waals surface area contributed by atoms with Crippen LogP contribution in [0.15, 0.2) is 42.7 Å². The lowest BCUT2D eigenvalue weighted by Gasteiger charge is -2.02. The van der Waals surface area contributed by atoms with E-state index < -0.39 is 5.97 Å². The zero-order chi connectivity index (χ0) is 15.5. The smallest absolute Gasteiger partial charge is 0.347 e. The predicted octanol–water partition coefficient (Wildman–Crippen LogP) is 3.20. The van der Waals surface area contributed by atoms with Crippen LogP contribution in [-0.4, -0.2) is 26.0 Å². The molecule has 1 N–H and O–H groups in total. The van der Waals surface area contributed by atoms with Crippen LogP contribution in [-0.2, 0) is 6.42 Å². The highest BCUT2D eigenvalue weighted by Gasteiger charge is 2.16. The van der Waals surface area contributed by atoms with Crippen molar-refractivity contribution in [2.75, 3.05) is 0 Å². The molecule has 6 heteroatoms. The Balaban J connectivity index is 1.91. The first kappa shape index (κ1) is 14.3. The molecule has 2 heterocycles. The quantitative estimate of drug-likeness (QED) is 0.800. The molecule has 0 amide bonds. The second-order valence-electron chi connectivity index (χ2n) is 4.80. The molecule has 0 radical (unpaired) electrons. The Morgan fingerprint density at radius 2 is 1.95 bits per heavy atom. The van der Waals surface area contributed by atoms with Gasteiger partial charge in [0.15, 0.2) is 0 Å². The number of benzene rings is 1. The van der Waals surface area contributed by atoms with Crippen molar-refractivity contribution < 1.29 is 9.90 Å². The second kappa shape index (κ2) is 6.03. The lowest BCUT2D eigenvalue weighted by molar-refractivity contribution is 0.0701. The molecule has 0 unspecified atom stereocenters. The summed E-state index contributed by atoms with van der Waals surface area (Å²) in [5, 5.41) is 9.69. The molecule has 3 aromatic rings. The summed E-state index contributed by atoms with van der Waals surface area (Å²) in [4.78, 5) is 24.4. The molecule has 110 valence electrons. The first-order valence-corrected chi connectivity index (χ1v) is 7.51. The summed E-state index contributed by atoms with van der Waals surface area (Å²) in [6, 6.07) is 10.00. The first-order chi connectivity index (χ1) is 10.6. The molecule has 0 aliphatic heterocycles. The fraction of sp³-hybridized carbons (Fsp3) is 0.125. The Bertz CT molecular complexity index is 815. The van der Waals surface area contributed by atoms with Crippen molar-refractivity contribution >= 4 is 17.3 Å². The van der Waals surface area contributed by atoms with E-state index in [1.807, 2.05) is 30.3 Å². The van der Waals surface area contributed by atoms with E-state index in [1.54, 1.807) is 19.3 Å². The van der Waals surface area contributed by atoms with Crippen LogP contribution in [0.5, 0.6) is 0 Å². The van der Waals surface area contributed by atoms with Crippen LogP contribution in [0.2, 0.25) is 0 Å². The van der Waals surface area contributed by atoms with Gasteiger partial charge in [-0.15, -0.1) is 11.3 Å². The van der Waals surface area contributed by atoms with E-state index in [2.05, 4.69) is 15.0 Å². The van der Waals surface area contributed by atoms with Crippen LogP contribution in [0.4, 0.5) is 0 Å². The van der Waals surface area contributed by atoms with Gasteiger partial charge in [0.05, 0.1) is 17.6 Å². The average Bonchev–Trinajstić information content (AvgIpc) is 2.91. The fourth-order valence-electron chi connectivity index (χ4n) is 2.10. The summed E-state index contributed by atoms with van der Waals surface area (Å²) < 4.78 is 0. The minimum Gasteiger partial charge on any atom is -0.477 e. The third kappa shape index (κ3) is 3.01. The summed E-state index contributed by atoms with van der Waals surface area (Å²) >= 11 is 1.12. The molecule has 0 aliphatic carbocycles. The number of carboxylic acids is 1. The average molecular weight is 311 g/mol. The molecule has 1 aromatic carbocycles. The van der Waals surface area contributed by atoms with Gasteiger partial charge in [-0.05, 0) is 12.5 Å². The van der Waals surface area contributed by atoms with Crippen LogP contribution in [0.3, 0.4) is 0 Å². The summed E-state index contributed by atoms with van der Waals surface area (Å²) in [7, 11) is 0. The Morgan fingerprint density at radius 1 is 1.18 bits per heavy atom. The van der Waals surface area contributed by atoms with E-state index in [0.717, 1.165) is 22.6 Å². The van der Waals surface area contributed by atoms with Gasteiger partial charge in [-0.3, -0.25) is 4.98 Å². The van der Waals surface area contributed by atoms with E-state index in [4.69, 9.17) is 5.11 Å². The molecule has 0 aliphatic rings. The standard InChI is InChI=1S/C16H13N3O2S/c1-10-14(16(20)21)22-15(18-10)13-9-17-8-12(19-13)7-11-5-3-2-4-6-11/h2-6,8-9H,7H2,1H3,(H,20,21). The van der Waals surface area contributed by atoms with Crippen molar-refractivity contribution in [1.29, 1.82) is 0 Å². The summed E-state index contributed by atoms with van der Waals surface area (Å²) in [5.41, 5.74) is 3.08. The minimum absolute atomic E-state index is 0.241. The highest BCUT2D eigenvalue weighted by Crippen LogP contribution is 2.26. The maximum atomic E-state index is 11.1. The molecule has 3 rings (SSSR count). The minimum atomic E-state index is -0.963. The third-order valence-electron chi connectivity index (χ3n) is 3.12. The van der Waals surface area contributed by atoms with E-state index in [0.29, 0.717) is 22.8 Å². The monoisotopic (exact) mass is 311 g/mol. The number of aromatic carboxylic acids is 1. The number of aromatic nitrogens is 3. The van der Waals surface area contributed by atoms with E-state index in [-0.39, 0.29) is 4.88 Å². The Hall–Kier alpha value is -2.60. The third-order valence-corrected chi connectivity index (χ3v) is 4.29. The van der Waals surface area contributed by atoms with Crippen LogP contribution in [0, 0.1) is 6.92 Å². The lowest BCUT2D eigenvalue weighted by Crippen LogP contribution is -1.95. The number of aryl methyl sites for hydroxylation is 1. The topological polar surface area (TPSA) is 76.0 Å². The molecular weight excluding hydrogens is 298 g/mol. The predicted molar refractivity (Wildman–Crippen MR) is 84.1 cm³/mol. The van der Waals surface area contributed by atoms with Crippen molar-refractivity contribution in [3.05, 3.63) is 64.6 Å². The summed E-state index contributed by atoms with van der Waals surface area (Å²) in [6.45, 7) is 1.69. The number of hydrogen-bond donors (Lipinski definition) is 1. The normalized spacial score (nSPS) is 10.6. The zero-order valence-corrected chi connectivity index (χ0v) is 12.7. The van der Waals surface area contributed by atoms with Gasteiger partial charge in [0.2, 0.25) is 0 Å². The number of carboxylic acid groups (broad SMARTS) is 1. The van der Waals surface area contributed by atoms with Gasteiger partial charge < -0.3 is 5.11 Å². The van der Waals surface area contributed by atoms with Gasteiger partial charge in [-0.1, -0.05) is 30.3 Å². The largest absolute Gasteiger partial charge is 0.477 e. The van der Waals surface area contributed by atoms with Crippen molar-refractivity contribution in [3.63, 3.8) is 0 Å². The molecule has 0 spiro atoms. The number of carbonyl (C=O) groups is 1. The molecule has 5 nitrogen and oxygen atoms in total. The molecule has 22 heavy (non-hydrogen) atoms. The second-order valence-corrected chi connectivity index (χ2v) is 5.80. The maximum Gasteiger partial charge on any atom is 0.347 e. The first-order valence-electron chi connectivity index (χ1n) is 6.69. The number of rotatable bonds is 4.